The molecule has 2 heterocycles. The zero-order valence-corrected chi connectivity index (χ0v) is 10.5. The maximum Gasteiger partial charge on any atom is 0.307 e. The van der Waals surface area contributed by atoms with Crippen LogP contribution < -0.4 is 5.43 Å². The first-order chi connectivity index (χ1) is 9.83. The minimum atomic E-state index is -0.396. The second kappa shape index (κ2) is 5.36. The van der Waals surface area contributed by atoms with Gasteiger partial charge in [0, 0.05) is 5.39 Å². The monoisotopic (exact) mass is 265 g/mol. The lowest BCUT2D eigenvalue weighted by molar-refractivity contribution is 0.0927. The number of aromatic nitrogens is 1. The van der Waals surface area contributed by atoms with Crippen LogP contribution >= 0.6 is 0 Å². The van der Waals surface area contributed by atoms with E-state index < -0.39 is 5.91 Å². The smallest absolute Gasteiger partial charge is 0.307 e. The maximum absolute atomic E-state index is 11.6. The molecule has 0 saturated heterocycles. The van der Waals surface area contributed by atoms with E-state index in [2.05, 4.69) is 15.5 Å². The quantitative estimate of drug-likeness (QED) is 0.584. The van der Waals surface area contributed by atoms with E-state index in [0.717, 1.165) is 10.9 Å². The molecule has 0 aliphatic heterocycles. The molecule has 98 valence electrons. The molecule has 0 atom stereocenters. The van der Waals surface area contributed by atoms with E-state index in [1.54, 1.807) is 12.1 Å². The van der Waals surface area contributed by atoms with Crippen molar-refractivity contribution in [1.29, 1.82) is 0 Å². The van der Waals surface area contributed by atoms with Crippen LogP contribution in [0.15, 0.2) is 64.3 Å². The van der Waals surface area contributed by atoms with Crippen LogP contribution in [0, 0.1) is 0 Å². The fraction of sp³-hybridized carbons (Fsp3) is 0. The van der Waals surface area contributed by atoms with Crippen LogP contribution in [0.1, 0.15) is 16.2 Å². The number of para-hydroxylation sites is 1. The van der Waals surface area contributed by atoms with Gasteiger partial charge in [0.05, 0.1) is 23.7 Å². The molecule has 0 unspecified atom stereocenters. The number of carbonyl (C=O) groups excluding carboxylic acids is 1. The third-order valence-corrected chi connectivity index (χ3v) is 2.73. The summed E-state index contributed by atoms with van der Waals surface area (Å²) in [6, 6.07) is 14.8. The molecule has 5 heteroatoms. The molecule has 0 bridgehead atoms. The number of benzene rings is 1. The van der Waals surface area contributed by atoms with Gasteiger partial charge in [-0.1, -0.05) is 24.3 Å². The molecule has 1 N–H and O–H groups in total. The molecule has 1 amide bonds. The lowest BCUT2D eigenvalue weighted by atomic mass is 10.2. The molecule has 2 aromatic heterocycles. The number of hydrazone groups is 1. The van der Waals surface area contributed by atoms with E-state index in [9.17, 15) is 4.79 Å². The largest absolute Gasteiger partial charge is 0.459 e. The number of carbonyl (C=O) groups is 1. The number of pyridine rings is 1. The van der Waals surface area contributed by atoms with E-state index >= 15 is 0 Å². The Morgan fingerprint density at radius 3 is 2.90 bits per heavy atom. The van der Waals surface area contributed by atoms with Crippen LogP contribution in [0.2, 0.25) is 0 Å². The van der Waals surface area contributed by atoms with Gasteiger partial charge in [-0.15, -0.1) is 0 Å². The summed E-state index contributed by atoms with van der Waals surface area (Å²) in [5, 5.41) is 4.92. The maximum atomic E-state index is 11.6. The molecule has 3 aromatic rings. The first-order valence-electron chi connectivity index (χ1n) is 6.06. The molecular formula is C15H11N3O2. The number of hydrogen-bond donors (Lipinski definition) is 1. The normalized spacial score (nSPS) is 11.0. The molecule has 0 spiro atoms. The molecule has 5 nitrogen and oxygen atoms in total. The van der Waals surface area contributed by atoms with Crippen molar-refractivity contribution in [3.05, 3.63) is 66.2 Å². The predicted molar refractivity (Wildman–Crippen MR) is 75.5 cm³/mol. The molecule has 0 radical (unpaired) electrons. The van der Waals surface area contributed by atoms with Gasteiger partial charge in [0.1, 0.15) is 0 Å². The second-order valence-corrected chi connectivity index (χ2v) is 4.11. The average Bonchev–Trinajstić information content (AvgIpc) is 3.01. The van der Waals surface area contributed by atoms with Gasteiger partial charge in [-0.05, 0) is 24.3 Å². The van der Waals surface area contributed by atoms with E-state index in [-0.39, 0.29) is 5.76 Å². The summed E-state index contributed by atoms with van der Waals surface area (Å²) in [5.74, 6) is -0.180. The van der Waals surface area contributed by atoms with Crippen molar-refractivity contribution in [2.45, 2.75) is 0 Å². The predicted octanol–water partition coefficient (Wildman–Crippen LogP) is 2.59. The molecule has 20 heavy (non-hydrogen) atoms. The van der Waals surface area contributed by atoms with Crippen LogP contribution in [0.4, 0.5) is 0 Å². The Morgan fingerprint density at radius 1 is 1.15 bits per heavy atom. The topological polar surface area (TPSA) is 67.5 Å². The number of fused-ring (bicyclic) bond motifs is 1. The Kier molecular flexibility index (Phi) is 3.24. The Bertz CT molecular complexity index is 764. The van der Waals surface area contributed by atoms with Crippen LogP contribution in [0.25, 0.3) is 10.9 Å². The van der Waals surface area contributed by atoms with Crippen LogP contribution in [0.5, 0.6) is 0 Å². The van der Waals surface area contributed by atoms with Gasteiger partial charge in [0.2, 0.25) is 0 Å². The summed E-state index contributed by atoms with van der Waals surface area (Å²) in [7, 11) is 0. The minimum absolute atomic E-state index is 0.216. The van der Waals surface area contributed by atoms with Crippen LogP contribution in [0.3, 0.4) is 0 Å². The van der Waals surface area contributed by atoms with E-state index in [4.69, 9.17) is 4.42 Å². The van der Waals surface area contributed by atoms with Crippen LogP contribution in [-0.2, 0) is 0 Å². The van der Waals surface area contributed by atoms with E-state index in [1.165, 1.54) is 12.5 Å². The zero-order chi connectivity index (χ0) is 13.8. The Morgan fingerprint density at radius 2 is 2.05 bits per heavy atom. The SMILES string of the molecule is O=C(N/N=C/c1ccc2ccccc2n1)c1ccco1. The number of hydrogen-bond acceptors (Lipinski definition) is 4. The van der Waals surface area contributed by atoms with Crippen molar-refractivity contribution in [3.8, 4) is 0 Å². The summed E-state index contributed by atoms with van der Waals surface area (Å²) in [4.78, 5) is 16.0. The molecular weight excluding hydrogens is 254 g/mol. The van der Waals surface area contributed by atoms with Crippen molar-refractivity contribution >= 4 is 23.0 Å². The molecule has 1 aromatic carbocycles. The lowest BCUT2D eigenvalue weighted by Crippen LogP contribution is -2.16. The van der Waals surface area contributed by atoms with Crippen molar-refractivity contribution in [2.75, 3.05) is 0 Å². The van der Waals surface area contributed by atoms with Gasteiger partial charge >= 0.3 is 5.91 Å². The summed E-state index contributed by atoms with van der Waals surface area (Å²) in [6.45, 7) is 0. The van der Waals surface area contributed by atoms with Gasteiger partial charge in [-0.2, -0.15) is 5.10 Å². The van der Waals surface area contributed by atoms with Gasteiger partial charge < -0.3 is 4.42 Å². The average molecular weight is 265 g/mol. The summed E-state index contributed by atoms with van der Waals surface area (Å²) >= 11 is 0. The first-order valence-corrected chi connectivity index (χ1v) is 6.06. The molecule has 0 saturated carbocycles. The molecule has 0 fully saturated rings. The van der Waals surface area contributed by atoms with Crippen molar-refractivity contribution in [1.82, 2.24) is 10.4 Å². The third-order valence-electron chi connectivity index (χ3n) is 2.73. The third kappa shape index (κ3) is 2.56. The second-order valence-electron chi connectivity index (χ2n) is 4.11. The first kappa shape index (κ1) is 12.1. The number of nitrogens with zero attached hydrogens (tertiary/aromatic N) is 2. The molecule has 0 aliphatic carbocycles. The molecule has 0 aliphatic rings. The van der Waals surface area contributed by atoms with Crippen LogP contribution in [-0.4, -0.2) is 17.1 Å². The summed E-state index contributed by atoms with van der Waals surface area (Å²) in [6.07, 6.45) is 2.93. The van der Waals surface area contributed by atoms with Gasteiger partial charge in [-0.25, -0.2) is 10.4 Å². The fourth-order valence-electron chi connectivity index (χ4n) is 1.77. The Labute approximate surface area is 114 Å². The number of amides is 1. The fourth-order valence-corrected chi connectivity index (χ4v) is 1.77. The van der Waals surface area contributed by atoms with E-state index in [0.29, 0.717) is 5.69 Å². The highest BCUT2D eigenvalue weighted by molar-refractivity contribution is 5.92. The number of nitrogens with one attached hydrogen (secondary N) is 1. The zero-order valence-electron chi connectivity index (χ0n) is 10.5. The van der Waals surface area contributed by atoms with E-state index in [1.807, 2.05) is 36.4 Å². The van der Waals surface area contributed by atoms with Crippen molar-refractivity contribution < 1.29 is 9.21 Å². The Hall–Kier alpha value is -2.95. The summed E-state index contributed by atoms with van der Waals surface area (Å²) < 4.78 is 4.95. The standard InChI is InChI=1S/C15H11N3O2/c19-15(14-6-3-9-20-14)18-16-10-12-8-7-11-4-1-2-5-13(11)17-12/h1-10H,(H,18,19)/b16-10+. The number of furan rings is 1. The lowest BCUT2D eigenvalue weighted by Gasteiger charge is -1.98. The van der Waals surface area contributed by atoms with Crippen molar-refractivity contribution in [3.63, 3.8) is 0 Å². The van der Waals surface area contributed by atoms with Gasteiger partial charge in [0.25, 0.3) is 0 Å². The van der Waals surface area contributed by atoms with Gasteiger partial charge in [-0.3, -0.25) is 4.79 Å². The summed E-state index contributed by atoms with van der Waals surface area (Å²) in [5.41, 5.74) is 3.93. The number of rotatable bonds is 3. The Balaban J connectivity index is 1.72. The highest BCUT2D eigenvalue weighted by atomic mass is 16.3. The highest BCUT2D eigenvalue weighted by Crippen LogP contribution is 2.10. The minimum Gasteiger partial charge on any atom is -0.459 e. The van der Waals surface area contributed by atoms with Gasteiger partial charge in [0.15, 0.2) is 5.76 Å². The van der Waals surface area contributed by atoms with Crippen molar-refractivity contribution in [2.24, 2.45) is 5.10 Å². The highest BCUT2D eigenvalue weighted by Gasteiger charge is 2.05. The molecule has 3 rings (SSSR count).